The van der Waals surface area contributed by atoms with Gasteiger partial charge in [0.15, 0.2) is 10.8 Å². The van der Waals surface area contributed by atoms with Gasteiger partial charge in [0.1, 0.15) is 18.2 Å². The summed E-state index contributed by atoms with van der Waals surface area (Å²) >= 11 is 1.39. The first-order chi connectivity index (χ1) is 14.0. The van der Waals surface area contributed by atoms with E-state index in [1.165, 1.54) is 24.2 Å². The van der Waals surface area contributed by atoms with Gasteiger partial charge >= 0.3 is 0 Å². The summed E-state index contributed by atoms with van der Waals surface area (Å²) in [6.07, 6.45) is 7.89. The standard InChI is InChI=1S/C19H22N8OS/c1-11(2)15(27-7-14(22-10-27)12-4-5-12)6-13(20-3)18(28)24-16-8-29-19(25-16)17-21-9-23-26-17/h6-8,10,12,23H,3-5,9H2,1-2H3,(H,21,26)(H,24,28)/b13-6-. The lowest BCUT2D eigenvalue weighted by molar-refractivity contribution is -0.112. The van der Waals surface area contributed by atoms with Gasteiger partial charge in [-0.25, -0.2) is 9.97 Å². The first kappa shape index (κ1) is 19.1. The third-order valence-electron chi connectivity index (χ3n) is 4.54. The van der Waals surface area contributed by atoms with Gasteiger partial charge < -0.3 is 15.2 Å². The summed E-state index contributed by atoms with van der Waals surface area (Å²) in [5.74, 6) is 1.29. The normalized spacial score (nSPS) is 15.9. The van der Waals surface area contributed by atoms with Crippen LogP contribution in [0.1, 0.15) is 43.3 Å². The minimum atomic E-state index is -0.377. The van der Waals surface area contributed by atoms with E-state index in [9.17, 15) is 4.79 Å². The molecule has 0 aromatic carbocycles. The quantitative estimate of drug-likeness (QED) is 0.369. The Morgan fingerprint density at radius 2 is 2.28 bits per heavy atom. The summed E-state index contributed by atoms with van der Waals surface area (Å²) in [5, 5.41) is 12.4. The number of carbonyl (C=O) groups is 1. The summed E-state index contributed by atoms with van der Waals surface area (Å²) < 4.78 is 1.93. The van der Waals surface area contributed by atoms with E-state index in [1.54, 1.807) is 17.8 Å². The lowest BCUT2D eigenvalue weighted by Crippen LogP contribution is -2.21. The van der Waals surface area contributed by atoms with Crippen LogP contribution >= 0.6 is 11.3 Å². The van der Waals surface area contributed by atoms with Gasteiger partial charge in [-0.1, -0.05) is 5.57 Å². The number of nitrogens with zero attached hydrogens (tertiary/aromatic N) is 5. The van der Waals surface area contributed by atoms with Crippen LogP contribution in [0.3, 0.4) is 0 Å². The number of amidine groups is 1. The fourth-order valence-electron chi connectivity index (χ4n) is 2.87. The van der Waals surface area contributed by atoms with E-state index in [1.807, 2.05) is 24.6 Å². The van der Waals surface area contributed by atoms with Crippen molar-refractivity contribution < 1.29 is 4.79 Å². The number of nitrogens with one attached hydrogen (secondary N) is 3. The first-order valence-corrected chi connectivity index (χ1v) is 10.1. The zero-order chi connectivity index (χ0) is 20.4. The van der Waals surface area contributed by atoms with Crippen molar-refractivity contribution >= 4 is 41.3 Å². The van der Waals surface area contributed by atoms with Gasteiger partial charge in [-0.2, -0.15) is 5.10 Å². The van der Waals surface area contributed by atoms with Crippen LogP contribution in [-0.2, 0) is 4.79 Å². The Morgan fingerprint density at radius 3 is 2.93 bits per heavy atom. The van der Waals surface area contributed by atoms with E-state index in [0.717, 1.165) is 17.0 Å². The Labute approximate surface area is 172 Å². The lowest BCUT2D eigenvalue weighted by Gasteiger charge is -2.08. The highest BCUT2D eigenvalue weighted by Crippen LogP contribution is 2.39. The number of allylic oxidation sites excluding steroid dienone is 3. The number of hydrogen-bond donors (Lipinski definition) is 3. The molecule has 2 aliphatic rings. The van der Waals surface area contributed by atoms with Crippen molar-refractivity contribution in [3.63, 3.8) is 0 Å². The van der Waals surface area contributed by atoms with Crippen LogP contribution in [0.4, 0.5) is 5.82 Å². The van der Waals surface area contributed by atoms with Crippen LogP contribution < -0.4 is 16.1 Å². The summed E-state index contributed by atoms with van der Waals surface area (Å²) in [5.41, 5.74) is 5.99. The molecule has 0 spiro atoms. The molecule has 4 rings (SSSR count). The van der Waals surface area contributed by atoms with Gasteiger partial charge in [0.2, 0.25) is 0 Å². The molecule has 1 aliphatic carbocycles. The third-order valence-corrected chi connectivity index (χ3v) is 5.39. The van der Waals surface area contributed by atoms with Crippen molar-refractivity contribution in [2.75, 3.05) is 12.0 Å². The highest BCUT2D eigenvalue weighted by Gasteiger charge is 2.26. The van der Waals surface area contributed by atoms with Crippen molar-refractivity contribution in [3.05, 3.63) is 46.0 Å². The molecular formula is C19H22N8OS. The summed E-state index contributed by atoms with van der Waals surface area (Å²) in [6.45, 7) is 8.09. The largest absolute Gasteiger partial charge is 0.348 e. The Bertz CT molecular complexity index is 1040. The predicted octanol–water partition coefficient (Wildman–Crippen LogP) is 2.50. The summed E-state index contributed by atoms with van der Waals surface area (Å²) in [6, 6.07) is 0. The second-order valence-corrected chi connectivity index (χ2v) is 7.88. The maximum atomic E-state index is 12.7. The average molecular weight is 411 g/mol. The molecule has 0 atom stereocenters. The monoisotopic (exact) mass is 410 g/mol. The van der Waals surface area contributed by atoms with E-state index >= 15 is 0 Å². The van der Waals surface area contributed by atoms with Crippen molar-refractivity contribution in [2.45, 2.75) is 32.6 Å². The summed E-state index contributed by atoms with van der Waals surface area (Å²) in [4.78, 5) is 25.5. The molecule has 10 heteroatoms. The van der Waals surface area contributed by atoms with Crippen LogP contribution in [0.5, 0.6) is 0 Å². The predicted molar refractivity (Wildman–Crippen MR) is 115 cm³/mol. The molecule has 0 radical (unpaired) electrons. The van der Waals surface area contributed by atoms with Gasteiger partial charge in [0.05, 0.1) is 12.0 Å². The molecular weight excluding hydrogens is 388 g/mol. The van der Waals surface area contributed by atoms with Gasteiger partial charge in [0, 0.05) is 23.2 Å². The fourth-order valence-corrected chi connectivity index (χ4v) is 3.59. The second kappa shape index (κ2) is 8.00. The van der Waals surface area contributed by atoms with Crippen molar-refractivity contribution in [1.29, 1.82) is 0 Å². The number of rotatable bonds is 7. The first-order valence-electron chi connectivity index (χ1n) is 9.27. The van der Waals surface area contributed by atoms with Crippen molar-refractivity contribution in [2.24, 2.45) is 10.1 Å². The maximum Gasteiger partial charge on any atom is 0.275 e. The molecule has 1 fully saturated rings. The molecule has 0 saturated heterocycles. The van der Waals surface area contributed by atoms with Crippen LogP contribution in [0.25, 0.3) is 5.70 Å². The Hall–Kier alpha value is -3.27. The van der Waals surface area contributed by atoms with Gasteiger partial charge in [-0.15, -0.1) is 11.3 Å². The number of amides is 1. The molecule has 3 heterocycles. The molecule has 2 aromatic heterocycles. The molecule has 0 bridgehead atoms. The SMILES string of the molecule is C=N/C(=C\C(=C(C)C)n1cnc(C2CC2)c1)C(=O)Nc1csc(C2=NNCN2)n1. The number of anilines is 1. The van der Waals surface area contributed by atoms with E-state index in [2.05, 4.69) is 42.8 Å². The number of aromatic nitrogens is 3. The molecule has 1 saturated carbocycles. The molecule has 1 aliphatic heterocycles. The van der Waals surface area contributed by atoms with Gasteiger partial charge in [0.25, 0.3) is 5.91 Å². The minimum absolute atomic E-state index is 0.204. The number of carbonyl (C=O) groups excluding carboxylic acids is 1. The van der Waals surface area contributed by atoms with E-state index in [4.69, 9.17) is 0 Å². The van der Waals surface area contributed by atoms with E-state index in [-0.39, 0.29) is 11.6 Å². The maximum absolute atomic E-state index is 12.7. The van der Waals surface area contributed by atoms with Crippen LogP contribution in [0.2, 0.25) is 0 Å². The Morgan fingerprint density at radius 1 is 1.45 bits per heavy atom. The Balaban J connectivity index is 1.52. The lowest BCUT2D eigenvalue weighted by atomic mass is 10.2. The number of thiazole rings is 1. The molecule has 1 amide bonds. The topological polar surface area (TPSA) is 109 Å². The number of aliphatic imine (C=N–C) groups is 1. The molecule has 0 unspecified atom stereocenters. The molecule has 3 N–H and O–H groups in total. The smallest absolute Gasteiger partial charge is 0.275 e. The highest BCUT2D eigenvalue weighted by molar-refractivity contribution is 7.12. The van der Waals surface area contributed by atoms with Crippen molar-refractivity contribution in [3.8, 4) is 0 Å². The van der Waals surface area contributed by atoms with E-state index in [0.29, 0.717) is 29.2 Å². The van der Waals surface area contributed by atoms with Crippen molar-refractivity contribution in [1.82, 2.24) is 25.3 Å². The molecule has 29 heavy (non-hydrogen) atoms. The summed E-state index contributed by atoms with van der Waals surface area (Å²) in [7, 11) is 0. The zero-order valence-electron chi connectivity index (χ0n) is 16.3. The van der Waals surface area contributed by atoms with Crippen LogP contribution in [-0.4, -0.2) is 39.7 Å². The minimum Gasteiger partial charge on any atom is -0.348 e. The third kappa shape index (κ3) is 4.27. The van der Waals surface area contributed by atoms with Gasteiger partial charge in [-0.3, -0.25) is 15.2 Å². The van der Waals surface area contributed by atoms with E-state index < -0.39 is 0 Å². The fraction of sp³-hybridized carbons (Fsp3) is 0.316. The van der Waals surface area contributed by atoms with Gasteiger partial charge in [-0.05, 0) is 39.5 Å². The second-order valence-electron chi connectivity index (χ2n) is 7.02. The highest BCUT2D eigenvalue weighted by atomic mass is 32.1. The van der Waals surface area contributed by atoms with Crippen LogP contribution in [0.15, 0.2) is 45.3 Å². The van der Waals surface area contributed by atoms with Crippen LogP contribution in [0, 0.1) is 0 Å². The average Bonchev–Trinajstić information content (AvgIpc) is 3.11. The molecule has 2 aromatic rings. The number of hydrazone groups is 1. The number of imidazole rings is 1. The Kier molecular flexibility index (Phi) is 5.26. The molecule has 9 nitrogen and oxygen atoms in total. The molecule has 150 valence electrons. The number of hydrogen-bond acceptors (Lipinski definition) is 8. The zero-order valence-corrected chi connectivity index (χ0v) is 17.1.